The van der Waals surface area contributed by atoms with Gasteiger partial charge in [0.25, 0.3) is 15.9 Å². The number of aryl methyl sites for hydroxylation is 2. The number of nitrogens with one attached hydrogen (secondary N) is 2. The Hall–Kier alpha value is -2.92. The van der Waals surface area contributed by atoms with Crippen molar-refractivity contribution in [3.8, 4) is 0 Å². The average molecular weight is 548 g/mol. The van der Waals surface area contributed by atoms with Crippen LogP contribution in [0.3, 0.4) is 0 Å². The molecule has 1 aliphatic heterocycles. The quantitative estimate of drug-likeness (QED) is 0.419. The fourth-order valence-electron chi connectivity index (χ4n) is 3.95. The van der Waals surface area contributed by atoms with Gasteiger partial charge in [-0.25, -0.2) is 21.6 Å². The van der Waals surface area contributed by atoms with Gasteiger partial charge in [-0.15, -0.1) is 0 Å². The third-order valence-electron chi connectivity index (χ3n) is 5.85. The maximum atomic E-state index is 13.2. The minimum Gasteiger partial charge on any atom is -0.351 e. The molecule has 0 aromatic heterocycles. The van der Waals surface area contributed by atoms with Crippen LogP contribution in [0.1, 0.15) is 27.9 Å². The van der Waals surface area contributed by atoms with Crippen LogP contribution in [0.25, 0.3) is 0 Å². The van der Waals surface area contributed by atoms with E-state index in [0.717, 1.165) is 11.1 Å². The zero-order valence-corrected chi connectivity index (χ0v) is 22.0. The van der Waals surface area contributed by atoms with Crippen LogP contribution in [-0.4, -0.2) is 42.4 Å². The standard InChI is InChI=1S/C25H26ClN3O5S2/c1-18-4-9-22(10-5-18)35(31,32)28-15-14-27-25(30)20-6-13-24-19(17-20)3-2-16-29(24)36(33,34)23-11-7-21(26)8-12-23/h4-13,17,28H,2-3,14-16H2,1H3,(H,27,30). The number of amides is 1. The number of anilines is 1. The number of carbonyl (C=O) groups excluding carboxylic acids is 1. The number of sulfonamides is 2. The molecular formula is C25H26ClN3O5S2. The van der Waals surface area contributed by atoms with Crippen molar-refractivity contribution in [1.29, 1.82) is 0 Å². The average Bonchev–Trinajstić information content (AvgIpc) is 2.86. The molecular weight excluding hydrogens is 522 g/mol. The Morgan fingerprint density at radius 2 is 1.58 bits per heavy atom. The van der Waals surface area contributed by atoms with E-state index in [4.69, 9.17) is 11.6 Å². The van der Waals surface area contributed by atoms with Crippen LogP contribution in [-0.2, 0) is 26.5 Å². The first kappa shape index (κ1) is 26.2. The summed E-state index contributed by atoms with van der Waals surface area (Å²) in [6.45, 7) is 2.33. The van der Waals surface area contributed by atoms with Crippen molar-refractivity contribution >= 4 is 43.2 Å². The summed E-state index contributed by atoms with van der Waals surface area (Å²) >= 11 is 5.90. The van der Waals surface area contributed by atoms with E-state index in [2.05, 4.69) is 10.0 Å². The summed E-state index contributed by atoms with van der Waals surface area (Å²) in [7, 11) is -7.44. The Balaban J connectivity index is 1.40. The Morgan fingerprint density at radius 1 is 0.917 bits per heavy atom. The van der Waals surface area contributed by atoms with Crippen molar-refractivity contribution < 1.29 is 21.6 Å². The molecule has 3 aromatic rings. The van der Waals surface area contributed by atoms with Gasteiger partial charge in [0.2, 0.25) is 10.0 Å². The predicted molar refractivity (Wildman–Crippen MR) is 139 cm³/mol. The summed E-state index contributed by atoms with van der Waals surface area (Å²) in [5.74, 6) is -0.370. The lowest BCUT2D eigenvalue weighted by atomic mass is 10.0. The van der Waals surface area contributed by atoms with E-state index in [1.54, 1.807) is 30.3 Å². The molecule has 8 nitrogen and oxygen atoms in total. The molecule has 0 saturated heterocycles. The molecule has 0 spiro atoms. The minimum atomic E-state index is -3.77. The number of hydrogen-bond acceptors (Lipinski definition) is 5. The van der Waals surface area contributed by atoms with Gasteiger partial charge in [-0.1, -0.05) is 29.3 Å². The Kier molecular flexibility index (Phi) is 7.70. The number of rotatable bonds is 8. The van der Waals surface area contributed by atoms with E-state index in [9.17, 15) is 21.6 Å². The highest BCUT2D eigenvalue weighted by Gasteiger charge is 2.29. The van der Waals surface area contributed by atoms with Crippen molar-refractivity contribution in [3.05, 3.63) is 88.4 Å². The second-order valence-corrected chi connectivity index (χ2v) is 12.5. The van der Waals surface area contributed by atoms with E-state index in [0.29, 0.717) is 35.7 Å². The van der Waals surface area contributed by atoms with Gasteiger partial charge in [0, 0.05) is 30.2 Å². The topological polar surface area (TPSA) is 113 Å². The van der Waals surface area contributed by atoms with Crippen molar-refractivity contribution in [2.45, 2.75) is 29.6 Å². The molecule has 0 unspecified atom stereocenters. The molecule has 0 atom stereocenters. The van der Waals surface area contributed by atoms with Gasteiger partial charge in [-0.05, 0) is 79.9 Å². The number of nitrogens with zero attached hydrogens (tertiary/aromatic N) is 1. The molecule has 0 bridgehead atoms. The lowest BCUT2D eigenvalue weighted by Gasteiger charge is -2.30. The van der Waals surface area contributed by atoms with Crippen LogP contribution >= 0.6 is 11.6 Å². The molecule has 1 amide bonds. The number of fused-ring (bicyclic) bond motifs is 1. The van der Waals surface area contributed by atoms with Crippen LogP contribution in [0.5, 0.6) is 0 Å². The Morgan fingerprint density at radius 3 is 2.28 bits per heavy atom. The largest absolute Gasteiger partial charge is 0.351 e. The molecule has 11 heteroatoms. The maximum Gasteiger partial charge on any atom is 0.264 e. The van der Waals surface area contributed by atoms with E-state index < -0.39 is 20.0 Å². The summed E-state index contributed by atoms with van der Waals surface area (Å²) in [5, 5.41) is 3.15. The van der Waals surface area contributed by atoms with Gasteiger partial charge in [0.1, 0.15) is 0 Å². The fourth-order valence-corrected chi connectivity index (χ4v) is 6.65. The molecule has 3 aromatic carbocycles. The fraction of sp³-hybridized carbons (Fsp3) is 0.240. The SMILES string of the molecule is Cc1ccc(S(=O)(=O)NCCNC(=O)c2ccc3c(c2)CCCN3S(=O)(=O)c2ccc(Cl)cc2)cc1. The van der Waals surface area contributed by atoms with Crippen LogP contribution in [0.2, 0.25) is 5.02 Å². The van der Waals surface area contributed by atoms with Crippen molar-refractivity contribution in [2.24, 2.45) is 0 Å². The molecule has 4 rings (SSSR count). The highest BCUT2D eigenvalue weighted by atomic mass is 35.5. The van der Waals surface area contributed by atoms with E-state index in [-0.39, 0.29) is 28.8 Å². The van der Waals surface area contributed by atoms with Crippen molar-refractivity contribution in [1.82, 2.24) is 10.0 Å². The predicted octanol–water partition coefficient (Wildman–Crippen LogP) is 3.50. The summed E-state index contributed by atoms with van der Waals surface area (Å²) in [6.07, 6.45) is 1.26. The molecule has 36 heavy (non-hydrogen) atoms. The first-order chi connectivity index (χ1) is 17.1. The summed E-state index contributed by atoms with van der Waals surface area (Å²) in [5.41, 5.74) is 2.63. The van der Waals surface area contributed by atoms with Crippen molar-refractivity contribution in [3.63, 3.8) is 0 Å². The monoisotopic (exact) mass is 547 g/mol. The summed E-state index contributed by atoms with van der Waals surface area (Å²) in [4.78, 5) is 13.0. The molecule has 0 aliphatic carbocycles. The highest BCUT2D eigenvalue weighted by molar-refractivity contribution is 7.92. The number of halogens is 1. The molecule has 1 heterocycles. The third kappa shape index (κ3) is 5.73. The molecule has 2 N–H and O–H groups in total. The summed E-state index contributed by atoms with van der Waals surface area (Å²) in [6, 6.07) is 17.4. The number of hydrogen-bond donors (Lipinski definition) is 2. The first-order valence-electron chi connectivity index (χ1n) is 11.3. The normalized spacial score (nSPS) is 13.8. The molecule has 0 saturated carbocycles. The van der Waals surface area contributed by atoms with Crippen LogP contribution in [0, 0.1) is 6.92 Å². The van der Waals surface area contributed by atoms with Crippen LogP contribution in [0.15, 0.2) is 76.5 Å². The smallest absolute Gasteiger partial charge is 0.264 e. The summed E-state index contributed by atoms with van der Waals surface area (Å²) < 4.78 is 55.0. The first-order valence-corrected chi connectivity index (χ1v) is 14.6. The number of benzene rings is 3. The molecule has 190 valence electrons. The number of carbonyl (C=O) groups is 1. The van der Waals surface area contributed by atoms with E-state index >= 15 is 0 Å². The second kappa shape index (κ2) is 10.6. The zero-order chi connectivity index (χ0) is 25.9. The zero-order valence-electron chi connectivity index (χ0n) is 19.6. The van der Waals surface area contributed by atoms with Crippen molar-refractivity contribution in [2.75, 3.05) is 23.9 Å². The van der Waals surface area contributed by atoms with Gasteiger partial charge < -0.3 is 5.32 Å². The minimum absolute atomic E-state index is 0.0278. The van der Waals surface area contributed by atoms with Gasteiger partial charge in [0.05, 0.1) is 15.5 Å². The van der Waals surface area contributed by atoms with Gasteiger partial charge in [-0.2, -0.15) is 0 Å². The van der Waals surface area contributed by atoms with E-state index in [1.807, 2.05) is 6.92 Å². The Bertz CT molecular complexity index is 1470. The lowest BCUT2D eigenvalue weighted by Crippen LogP contribution is -2.36. The third-order valence-corrected chi connectivity index (χ3v) is 9.41. The molecule has 0 radical (unpaired) electrons. The van der Waals surface area contributed by atoms with Gasteiger partial charge in [-0.3, -0.25) is 9.10 Å². The van der Waals surface area contributed by atoms with Gasteiger partial charge >= 0.3 is 0 Å². The maximum absolute atomic E-state index is 13.2. The van der Waals surface area contributed by atoms with Gasteiger partial charge in [0.15, 0.2) is 0 Å². The lowest BCUT2D eigenvalue weighted by molar-refractivity contribution is 0.0954. The van der Waals surface area contributed by atoms with Crippen LogP contribution in [0.4, 0.5) is 5.69 Å². The highest BCUT2D eigenvalue weighted by Crippen LogP contribution is 2.33. The molecule has 1 aliphatic rings. The molecule has 0 fully saturated rings. The Labute approximate surface area is 216 Å². The van der Waals surface area contributed by atoms with Crippen LogP contribution < -0.4 is 14.3 Å². The van der Waals surface area contributed by atoms with E-state index in [1.165, 1.54) is 40.7 Å². The second-order valence-electron chi connectivity index (χ2n) is 8.44.